The van der Waals surface area contributed by atoms with Gasteiger partial charge in [-0.3, -0.25) is 0 Å². The van der Waals surface area contributed by atoms with Crippen molar-refractivity contribution in [1.29, 1.82) is 0 Å². The molecule has 4 nitrogen and oxygen atoms in total. The summed E-state index contributed by atoms with van der Waals surface area (Å²) in [5.74, 6) is 0.655. The lowest BCUT2D eigenvalue weighted by molar-refractivity contribution is 0.191. The first-order valence-corrected chi connectivity index (χ1v) is 7.69. The quantitative estimate of drug-likeness (QED) is 0.597. The van der Waals surface area contributed by atoms with Crippen molar-refractivity contribution in [1.82, 2.24) is 10.6 Å². The maximum Gasteiger partial charge on any atom is 0.153 e. The van der Waals surface area contributed by atoms with E-state index in [9.17, 15) is 8.42 Å². The molecule has 2 saturated heterocycles. The van der Waals surface area contributed by atoms with Crippen LogP contribution in [0.4, 0.5) is 0 Å². The monoisotopic (exact) mass is 230 g/mol. The van der Waals surface area contributed by atoms with E-state index in [2.05, 4.69) is 10.6 Å². The summed E-state index contributed by atoms with van der Waals surface area (Å²) in [6.45, 7) is 0. The van der Waals surface area contributed by atoms with Gasteiger partial charge in [-0.05, 0) is 12.8 Å². The van der Waals surface area contributed by atoms with Crippen LogP contribution in [-0.4, -0.2) is 44.1 Å². The second kappa shape index (κ2) is 3.43. The van der Waals surface area contributed by atoms with Crippen LogP contribution in [0, 0.1) is 0 Å². The molecule has 3 aliphatic rings. The molecule has 86 valence electrons. The Balaban J connectivity index is 1.77. The van der Waals surface area contributed by atoms with Crippen molar-refractivity contribution >= 4 is 9.84 Å². The Morgan fingerprint density at radius 3 is 1.73 bits per heavy atom. The standard InChI is InChI=1S/C10H18N2O2S/c13-15(14)5-9-10(6-15)12-8-4-2-1-3-7(8)11-9/h7-12H,1-6H2/t7-,8-,9-,10+/m1/s1. The van der Waals surface area contributed by atoms with Crippen molar-refractivity contribution in [2.24, 2.45) is 0 Å². The van der Waals surface area contributed by atoms with Gasteiger partial charge in [-0.1, -0.05) is 12.8 Å². The highest BCUT2D eigenvalue weighted by molar-refractivity contribution is 7.91. The molecule has 4 atom stereocenters. The molecule has 0 aromatic carbocycles. The number of rotatable bonds is 0. The lowest BCUT2D eigenvalue weighted by Crippen LogP contribution is -2.66. The van der Waals surface area contributed by atoms with E-state index in [0.29, 0.717) is 23.6 Å². The zero-order valence-corrected chi connectivity index (χ0v) is 9.59. The van der Waals surface area contributed by atoms with Gasteiger partial charge in [-0.15, -0.1) is 0 Å². The third kappa shape index (κ3) is 1.81. The number of piperazine rings is 1. The van der Waals surface area contributed by atoms with E-state index in [4.69, 9.17) is 0 Å². The minimum Gasteiger partial charge on any atom is -0.307 e. The van der Waals surface area contributed by atoms with Crippen LogP contribution < -0.4 is 10.6 Å². The molecule has 1 saturated carbocycles. The Morgan fingerprint density at radius 1 is 0.800 bits per heavy atom. The van der Waals surface area contributed by atoms with Gasteiger partial charge in [-0.25, -0.2) is 8.42 Å². The second-order valence-electron chi connectivity index (χ2n) is 5.12. The molecule has 0 unspecified atom stereocenters. The Morgan fingerprint density at radius 2 is 1.27 bits per heavy atom. The molecule has 0 spiro atoms. The summed E-state index contributed by atoms with van der Waals surface area (Å²) in [5.41, 5.74) is 0. The molecule has 2 heterocycles. The van der Waals surface area contributed by atoms with Gasteiger partial charge in [0.1, 0.15) is 0 Å². The van der Waals surface area contributed by atoms with Crippen LogP contribution in [0.2, 0.25) is 0 Å². The fraction of sp³-hybridized carbons (Fsp3) is 1.00. The average molecular weight is 230 g/mol. The Hall–Kier alpha value is -0.130. The van der Waals surface area contributed by atoms with E-state index in [-0.39, 0.29) is 12.1 Å². The Labute approximate surface area is 90.7 Å². The summed E-state index contributed by atoms with van der Waals surface area (Å²) in [7, 11) is -2.80. The molecule has 5 heteroatoms. The van der Waals surface area contributed by atoms with Crippen LogP contribution in [0.25, 0.3) is 0 Å². The van der Waals surface area contributed by atoms with E-state index >= 15 is 0 Å². The summed E-state index contributed by atoms with van der Waals surface area (Å²) in [6, 6.07) is 1.34. The van der Waals surface area contributed by atoms with E-state index in [1.54, 1.807) is 0 Å². The molecule has 15 heavy (non-hydrogen) atoms. The van der Waals surface area contributed by atoms with Gasteiger partial charge in [0.25, 0.3) is 0 Å². The highest BCUT2D eigenvalue weighted by Crippen LogP contribution is 2.26. The SMILES string of the molecule is O=S1(=O)C[C@@H]2N[C@@H]3CCCC[C@H]3N[C@@H]2C1. The van der Waals surface area contributed by atoms with Crippen LogP contribution >= 0.6 is 0 Å². The predicted octanol–water partition coefficient (Wildman–Crippen LogP) is -0.344. The molecular formula is C10H18N2O2S. The number of hydrogen-bond donors (Lipinski definition) is 2. The summed E-state index contributed by atoms with van der Waals surface area (Å²) in [5, 5.41) is 7.06. The fourth-order valence-electron chi connectivity index (χ4n) is 3.26. The van der Waals surface area contributed by atoms with Crippen LogP contribution in [0.3, 0.4) is 0 Å². The number of sulfone groups is 1. The third-order valence-corrected chi connectivity index (χ3v) is 5.71. The molecule has 0 amide bonds. The van der Waals surface area contributed by atoms with Gasteiger partial charge in [0, 0.05) is 24.2 Å². The summed E-state index contributed by atoms with van der Waals surface area (Å²) < 4.78 is 23.0. The molecule has 2 aliphatic heterocycles. The zero-order valence-electron chi connectivity index (χ0n) is 8.78. The van der Waals surface area contributed by atoms with E-state index in [1.165, 1.54) is 25.7 Å². The van der Waals surface area contributed by atoms with Crippen molar-refractivity contribution in [3.63, 3.8) is 0 Å². The van der Waals surface area contributed by atoms with Crippen LogP contribution in [-0.2, 0) is 9.84 Å². The van der Waals surface area contributed by atoms with Gasteiger partial charge in [0.2, 0.25) is 0 Å². The highest BCUT2D eigenvalue weighted by atomic mass is 32.2. The lowest BCUT2D eigenvalue weighted by Gasteiger charge is -2.43. The van der Waals surface area contributed by atoms with Crippen molar-refractivity contribution < 1.29 is 8.42 Å². The van der Waals surface area contributed by atoms with E-state index in [0.717, 1.165) is 0 Å². The fourth-order valence-corrected chi connectivity index (χ4v) is 5.14. The average Bonchev–Trinajstić information content (AvgIpc) is 2.46. The van der Waals surface area contributed by atoms with Crippen molar-refractivity contribution in [2.45, 2.75) is 49.9 Å². The molecule has 0 aromatic heterocycles. The molecule has 0 aromatic rings. The first-order valence-electron chi connectivity index (χ1n) is 5.87. The molecule has 2 N–H and O–H groups in total. The topological polar surface area (TPSA) is 58.2 Å². The number of hydrogen-bond acceptors (Lipinski definition) is 4. The molecule has 3 rings (SSSR count). The van der Waals surface area contributed by atoms with Gasteiger partial charge in [0.05, 0.1) is 11.5 Å². The molecule has 3 fully saturated rings. The number of nitrogens with one attached hydrogen (secondary N) is 2. The first kappa shape index (κ1) is 10.1. The summed E-state index contributed by atoms with van der Waals surface area (Å²) in [6.07, 6.45) is 4.95. The van der Waals surface area contributed by atoms with Gasteiger partial charge in [0.15, 0.2) is 9.84 Å². The zero-order chi connectivity index (χ0) is 10.5. The van der Waals surface area contributed by atoms with Crippen molar-refractivity contribution in [3.05, 3.63) is 0 Å². The summed E-state index contributed by atoms with van der Waals surface area (Å²) >= 11 is 0. The molecule has 1 aliphatic carbocycles. The van der Waals surface area contributed by atoms with Gasteiger partial charge in [-0.2, -0.15) is 0 Å². The van der Waals surface area contributed by atoms with Crippen LogP contribution in [0.15, 0.2) is 0 Å². The maximum atomic E-state index is 11.5. The second-order valence-corrected chi connectivity index (χ2v) is 7.27. The van der Waals surface area contributed by atoms with Crippen LogP contribution in [0.1, 0.15) is 25.7 Å². The van der Waals surface area contributed by atoms with E-state index < -0.39 is 9.84 Å². The predicted molar refractivity (Wildman–Crippen MR) is 58.5 cm³/mol. The summed E-state index contributed by atoms with van der Waals surface area (Å²) in [4.78, 5) is 0. The minimum absolute atomic E-state index is 0.161. The van der Waals surface area contributed by atoms with Crippen molar-refractivity contribution in [3.8, 4) is 0 Å². The minimum atomic E-state index is -2.80. The van der Waals surface area contributed by atoms with Gasteiger partial charge < -0.3 is 10.6 Å². The van der Waals surface area contributed by atoms with Crippen LogP contribution in [0.5, 0.6) is 0 Å². The Kier molecular flexibility index (Phi) is 2.30. The van der Waals surface area contributed by atoms with Crippen molar-refractivity contribution in [2.75, 3.05) is 11.5 Å². The first-order chi connectivity index (χ1) is 7.14. The normalized spacial score (nSPS) is 48.3. The number of fused-ring (bicyclic) bond motifs is 2. The smallest absolute Gasteiger partial charge is 0.153 e. The molecule has 0 radical (unpaired) electrons. The third-order valence-electron chi connectivity index (χ3n) is 3.97. The Bertz CT molecular complexity index is 326. The molecule has 0 bridgehead atoms. The maximum absolute atomic E-state index is 11.5. The lowest BCUT2D eigenvalue weighted by atomic mass is 9.86. The molecular weight excluding hydrogens is 212 g/mol. The largest absolute Gasteiger partial charge is 0.307 e. The highest BCUT2D eigenvalue weighted by Gasteiger charge is 2.44. The van der Waals surface area contributed by atoms with Gasteiger partial charge >= 0.3 is 0 Å². The van der Waals surface area contributed by atoms with E-state index in [1.807, 2.05) is 0 Å².